The van der Waals surface area contributed by atoms with E-state index < -0.39 is 17.7 Å². The van der Waals surface area contributed by atoms with E-state index in [9.17, 15) is 18.8 Å². The van der Waals surface area contributed by atoms with Gasteiger partial charge in [0.2, 0.25) is 6.41 Å². The third-order valence-corrected chi connectivity index (χ3v) is 3.32. The minimum absolute atomic E-state index is 0.0681. The fraction of sp³-hybridized carbons (Fsp3) is 0.118. The molecule has 0 bridgehead atoms. The monoisotopic (exact) mass is 330 g/mol. The number of nitrogens with one attached hydrogen (secondary N) is 2. The molecule has 0 aliphatic carbocycles. The molecule has 0 aliphatic heterocycles. The molecule has 24 heavy (non-hydrogen) atoms. The summed E-state index contributed by atoms with van der Waals surface area (Å²) in [7, 11) is 0. The summed E-state index contributed by atoms with van der Waals surface area (Å²) in [6.45, 7) is 0.233. The molecular formula is C17H15FN2O4. The van der Waals surface area contributed by atoms with Gasteiger partial charge >= 0.3 is 5.97 Å². The van der Waals surface area contributed by atoms with Crippen molar-refractivity contribution in [2.45, 2.75) is 13.1 Å². The number of carbonyl (C=O) groups excluding carboxylic acids is 2. The first-order valence-corrected chi connectivity index (χ1v) is 7.07. The molecule has 2 rings (SSSR count). The summed E-state index contributed by atoms with van der Waals surface area (Å²) in [5.41, 5.74) is 1.17. The topological polar surface area (TPSA) is 95.5 Å². The summed E-state index contributed by atoms with van der Waals surface area (Å²) in [6.07, 6.45) is 0.566. The van der Waals surface area contributed by atoms with Gasteiger partial charge in [-0.25, -0.2) is 9.18 Å². The normalized spacial score (nSPS) is 10.0. The Hall–Kier alpha value is -3.22. The van der Waals surface area contributed by atoms with Crippen LogP contribution >= 0.6 is 0 Å². The SMILES string of the molecule is O=CNCc1cccc(C(=O)NCc2ccc(C(=O)O)cc2F)c1. The van der Waals surface area contributed by atoms with Crippen LogP contribution < -0.4 is 10.6 Å². The summed E-state index contributed by atoms with van der Waals surface area (Å²) in [5.74, 6) is -2.31. The Balaban J connectivity index is 2.03. The molecule has 6 nitrogen and oxygen atoms in total. The molecule has 0 aromatic heterocycles. The molecular weight excluding hydrogens is 315 g/mol. The van der Waals surface area contributed by atoms with E-state index in [1.54, 1.807) is 24.3 Å². The molecule has 0 unspecified atom stereocenters. The molecule has 0 saturated heterocycles. The van der Waals surface area contributed by atoms with Gasteiger partial charge < -0.3 is 15.7 Å². The van der Waals surface area contributed by atoms with Gasteiger partial charge in [0.25, 0.3) is 5.91 Å². The maximum absolute atomic E-state index is 13.8. The number of benzene rings is 2. The van der Waals surface area contributed by atoms with Crippen LogP contribution in [0.2, 0.25) is 0 Å². The average Bonchev–Trinajstić information content (AvgIpc) is 2.58. The van der Waals surface area contributed by atoms with Crippen LogP contribution in [-0.4, -0.2) is 23.4 Å². The Morgan fingerprint density at radius 1 is 1.08 bits per heavy atom. The van der Waals surface area contributed by atoms with Crippen LogP contribution in [0.25, 0.3) is 0 Å². The van der Waals surface area contributed by atoms with Crippen LogP contribution in [0.3, 0.4) is 0 Å². The smallest absolute Gasteiger partial charge is 0.335 e. The number of hydrogen-bond donors (Lipinski definition) is 3. The lowest BCUT2D eigenvalue weighted by Crippen LogP contribution is -2.23. The standard InChI is InChI=1S/C17H15FN2O4/c18-15-7-13(17(23)24)4-5-14(15)9-20-16(22)12-3-1-2-11(6-12)8-19-10-21/h1-7,10H,8-9H2,(H,19,21)(H,20,22)(H,23,24). The molecule has 0 aliphatic rings. The van der Waals surface area contributed by atoms with Crippen molar-refractivity contribution in [3.8, 4) is 0 Å². The number of amides is 2. The number of rotatable bonds is 7. The van der Waals surface area contributed by atoms with Crippen molar-refractivity contribution in [1.82, 2.24) is 10.6 Å². The molecule has 7 heteroatoms. The number of halogens is 1. The maximum atomic E-state index is 13.8. The Morgan fingerprint density at radius 2 is 1.88 bits per heavy atom. The first kappa shape index (κ1) is 17.1. The van der Waals surface area contributed by atoms with Gasteiger partial charge in [0.05, 0.1) is 5.56 Å². The lowest BCUT2D eigenvalue weighted by Gasteiger charge is -2.08. The third kappa shape index (κ3) is 4.39. The van der Waals surface area contributed by atoms with Crippen LogP contribution in [0.15, 0.2) is 42.5 Å². The predicted molar refractivity (Wildman–Crippen MR) is 83.9 cm³/mol. The van der Waals surface area contributed by atoms with E-state index in [-0.39, 0.29) is 17.7 Å². The summed E-state index contributed by atoms with van der Waals surface area (Å²) < 4.78 is 13.8. The molecule has 124 valence electrons. The van der Waals surface area contributed by atoms with Crippen molar-refractivity contribution < 1.29 is 23.9 Å². The summed E-state index contributed by atoms with van der Waals surface area (Å²) >= 11 is 0. The van der Waals surface area contributed by atoms with Crippen molar-refractivity contribution in [2.24, 2.45) is 0 Å². The zero-order chi connectivity index (χ0) is 17.5. The number of hydrogen-bond acceptors (Lipinski definition) is 3. The second kappa shape index (κ2) is 7.87. The van der Waals surface area contributed by atoms with Crippen molar-refractivity contribution in [1.29, 1.82) is 0 Å². The second-order valence-corrected chi connectivity index (χ2v) is 4.99. The van der Waals surface area contributed by atoms with E-state index in [0.717, 1.165) is 11.6 Å². The molecule has 2 aromatic rings. The molecule has 0 saturated carbocycles. The van der Waals surface area contributed by atoms with E-state index in [4.69, 9.17) is 5.11 Å². The number of aromatic carboxylic acids is 1. The van der Waals surface area contributed by atoms with Gasteiger partial charge in [-0.2, -0.15) is 0 Å². The van der Waals surface area contributed by atoms with Gasteiger partial charge in [-0.15, -0.1) is 0 Å². The molecule has 0 radical (unpaired) electrons. The summed E-state index contributed by atoms with van der Waals surface area (Å²) in [6, 6.07) is 10.2. The zero-order valence-electron chi connectivity index (χ0n) is 12.6. The van der Waals surface area contributed by atoms with Crippen LogP contribution in [0, 0.1) is 5.82 Å². The Kier molecular flexibility index (Phi) is 5.62. The van der Waals surface area contributed by atoms with Crippen LogP contribution in [0.5, 0.6) is 0 Å². The Labute approximate surface area is 137 Å². The van der Waals surface area contributed by atoms with Crippen LogP contribution in [0.4, 0.5) is 4.39 Å². The third-order valence-electron chi connectivity index (χ3n) is 3.32. The Morgan fingerprint density at radius 3 is 2.54 bits per heavy atom. The average molecular weight is 330 g/mol. The molecule has 2 amide bonds. The fourth-order valence-electron chi connectivity index (χ4n) is 2.08. The highest BCUT2D eigenvalue weighted by atomic mass is 19.1. The molecule has 0 atom stereocenters. The first-order chi connectivity index (χ1) is 11.5. The number of carboxylic acids is 1. The van der Waals surface area contributed by atoms with Gasteiger partial charge in [0.15, 0.2) is 0 Å². The van der Waals surface area contributed by atoms with Gasteiger partial charge in [-0.05, 0) is 29.8 Å². The lowest BCUT2D eigenvalue weighted by atomic mass is 10.1. The number of carboxylic acid groups (broad SMARTS) is 1. The maximum Gasteiger partial charge on any atom is 0.335 e. The first-order valence-electron chi connectivity index (χ1n) is 7.07. The summed E-state index contributed by atoms with van der Waals surface area (Å²) in [5, 5.41) is 13.9. The number of carbonyl (C=O) groups is 3. The molecule has 0 fully saturated rings. The highest BCUT2D eigenvalue weighted by Gasteiger charge is 2.10. The van der Waals surface area contributed by atoms with Gasteiger partial charge in [-0.1, -0.05) is 18.2 Å². The van der Waals surface area contributed by atoms with Crippen molar-refractivity contribution >= 4 is 18.3 Å². The van der Waals surface area contributed by atoms with E-state index in [1.807, 2.05) is 0 Å². The predicted octanol–water partition coefficient (Wildman–Crippen LogP) is 1.70. The van der Waals surface area contributed by atoms with E-state index in [0.29, 0.717) is 18.5 Å². The lowest BCUT2D eigenvalue weighted by molar-refractivity contribution is -0.109. The van der Waals surface area contributed by atoms with Crippen LogP contribution in [-0.2, 0) is 17.9 Å². The van der Waals surface area contributed by atoms with E-state index in [2.05, 4.69) is 10.6 Å². The van der Waals surface area contributed by atoms with Crippen molar-refractivity contribution in [2.75, 3.05) is 0 Å². The van der Waals surface area contributed by atoms with E-state index in [1.165, 1.54) is 12.1 Å². The largest absolute Gasteiger partial charge is 0.478 e. The highest BCUT2D eigenvalue weighted by molar-refractivity contribution is 5.94. The quantitative estimate of drug-likeness (QED) is 0.673. The van der Waals surface area contributed by atoms with E-state index >= 15 is 0 Å². The second-order valence-electron chi connectivity index (χ2n) is 4.99. The van der Waals surface area contributed by atoms with Gasteiger partial charge in [0, 0.05) is 24.2 Å². The summed E-state index contributed by atoms with van der Waals surface area (Å²) in [4.78, 5) is 33.2. The molecule has 3 N–H and O–H groups in total. The Bertz CT molecular complexity index is 777. The van der Waals surface area contributed by atoms with Gasteiger partial charge in [0.1, 0.15) is 5.82 Å². The van der Waals surface area contributed by atoms with Crippen LogP contribution in [0.1, 0.15) is 31.8 Å². The van der Waals surface area contributed by atoms with Gasteiger partial charge in [-0.3, -0.25) is 9.59 Å². The minimum Gasteiger partial charge on any atom is -0.478 e. The molecule has 2 aromatic carbocycles. The van der Waals surface area contributed by atoms with Crippen molar-refractivity contribution in [3.05, 3.63) is 70.5 Å². The minimum atomic E-state index is -1.22. The van der Waals surface area contributed by atoms with Crippen molar-refractivity contribution in [3.63, 3.8) is 0 Å². The molecule has 0 spiro atoms. The zero-order valence-corrected chi connectivity index (χ0v) is 12.6. The fourth-order valence-corrected chi connectivity index (χ4v) is 2.08. The highest BCUT2D eigenvalue weighted by Crippen LogP contribution is 2.11. The molecule has 0 heterocycles.